The first kappa shape index (κ1) is 192. The molecule has 0 rings (SSSR count). The van der Waals surface area contributed by atoms with Crippen molar-refractivity contribution < 1.29 is 274 Å². The van der Waals surface area contributed by atoms with Crippen molar-refractivity contribution in [3.8, 4) is 0 Å². The number of rotatable bonds is 30. The summed E-state index contributed by atoms with van der Waals surface area (Å²) in [6.45, 7) is 55.1. The molecule has 0 aliphatic carbocycles. The molecule has 0 saturated carbocycles. The van der Waals surface area contributed by atoms with Gasteiger partial charge in [0, 0.05) is 277 Å². The van der Waals surface area contributed by atoms with Gasteiger partial charge < -0.3 is 125 Å². The summed E-state index contributed by atoms with van der Waals surface area (Å²) in [7, 11) is 2.00. The second-order valence-corrected chi connectivity index (χ2v) is 26.4. The van der Waals surface area contributed by atoms with Crippen molar-refractivity contribution in [1.29, 1.82) is 0 Å². The molecule has 0 aliphatic heterocycles. The molecule has 0 aliphatic rings. The van der Waals surface area contributed by atoms with Crippen LogP contribution in [0.25, 0.3) is 0 Å². The van der Waals surface area contributed by atoms with E-state index in [0.29, 0.717) is 51.0 Å². The SMILES string of the molecule is CC(=O)C=C(C)O.CC(=O)C=C(C)O.CC(=O)C=C(C)O.CC(=O)C=C(C)O.CC(=O)C=C(C)O.CC(=O)C=C(C)O.CC(=O)C=C(O)C(C)C.CC(=O)[CH-]C(=O)C(C)C.CC(=O)[CH-]C(C)=O.CC(=O)[CH-]C(C)=O.CC(=O)[CH-]C(C)=O.CC(C)CO.CC(O)=CC(=O)C(C)C.CCC(=O)C=C(O)CC.CCC(=O)C=C(O)CC.CCC(=O)[CH-]C(=O)CC.CO.CO.[Ir].[Ir].[Ir].[Ir].[Ir].[OH3+].[OH3+]. The maximum Gasteiger partial charge on any atom is 0.161 e. The van der Waals surface area contributed by atoms with Crippen LogP contribution in [0.15, 0.2) is 118 Å². The summed E-state index contributed by atoms with van der Waals surface area (Å²) in [5.74, 6) is -1.13. The van der Waals surface area contributed by atoms with Gasteiger partial charge in [-0.05, 0) is 170 Å². The van der Waals surface area contributed by atoms with Gasteiger partial charge in [0.2, 0.25) is 0 Å². The molecule has 0 fully saturated rings. The van der Waals surface area contributed by atoms with Crippen LogP contribution in [0.1, 0.15) is 281 Å². The molecule has 793 valence electrons. The topological polar surface area (TPSA) is 670 Å². The number of ketones is 20. The largest absolute Gasteiger partial charge is 0.512 e. The summed E-state index contributed by atoms with van der Waals surface area (Å²) in [6.07, 6.45) is 20.3. The molecule has 19 N–H and O–H groups in total. The molecule has 0 spiro atoms. The van der Waals surface area contributed by atoms with Gasteiger partial charge in [0.05, 0.1) is 57.6 Å². The van der Waals surface area contributed by atoms with Crippen molar-refractivity contribution in [1.82, 2.24) is 0 Å². The maximum absolute atomic E-state index is 10.7. The second-order valence-electron chi connectivity index (χ2n) is 26.4. The predicted molar refractivity (Wildman–Crippen MR) is 502 cm³/mol. The predicted octanol–water partition coefficient (Wildman–Crippen LogP) is 14.5. The quantitative estimate of drug-likeness (QED) is 0.0104. The first-order valence-electron chi connectivity index (χ1n) is 38.9. The average molecular weight is 2800 g/mol. The van der Waals surface area contributed by atoms with Gasteiger partial charge in [-0.15, -0.1) is 0 Å². The number of hydrogen-bond donors (Lipinski definition) is 13. The Kier molecular flexibility index (Phi) is 200. The fraction of sp³-hybridized carbons (Fsp3) is 0.516. The molecule has 0 saturated heterocycles. The number of Topliss-reactive ketones (excluding diaryl/α,β-unsaturated/α-hetero) is 10. The second kappa shape index (κ2) is 139. The van der Waals surface area contributed by atoms with Gasteiger partial charge in [0.15, 0.2) is 57.8 Å². The van der Waals surface area contributed by atoms with Gasteiger partial charge in [-0.25, -0.2) is 0 Å². The maximum atomic E-state index is 10.7. The molecule has 5 radical (unpaired) electrons. The molecule has 40 heteroatoms. The molecule has 0 heterocycles. The zero-order chi connectivity index (χ0) is 105. The molecular weight excluding hydrogens is 2640 g/mol. The zero-order valence-corrected chi connectivity index (χ0v) is 96.7. The minimum Gasteiger partial charge on any atom is -0.512 e. The summed E-state index contributed by atoms with van der Waals surface area (Å²) in [6, 6.07) is 0. The number of carbonyl (C=O) groups is 20. The van der Waals surface area contributed by atoms with Crippen LogP contribution in [0.2, 0.25) is 0 Å². The fourth-order valence-corrected chi connectivity index (χ4v) is 4.90. The van der Waals surface area contributed by atoms with Gasteiger partial charge in [-0.3, -0.25) is 80.0 Å². The molecule has 0 aromatic heterocycles. The van der Waals surface area contributed by atoms with Gasteiger partial charge in [0.25, 0.3) is 0 Å². The number of carbonyl (C=O) groups excluding carboxylic acids is 20. The summed E-state index contributed by atoms with van der Waals surface area (Å²) >= 11 is 0. The van der Waals surface area contributed by atoms with E-state index in [1.165, 1.54) is 213 Å². The Morgan fingerprint density at radius 2 is 0.414 bits per heavy atom. The zero-order valence-electron chi connectivity index (χ0n) is 84.7. The minimum absolute atomic E-state index is 0. The van der Waals surface area contributed by atoms with Gasteiger partial charge in [-0.2, -0.15) is 0 Å². The Balaban J connectivity index is -0.0000000405. The summed E-state index contributed by atoms with van der Waals surface area (Å²) in [5.41, 5.74) is 0. The van der Waals surface area contributed by atoms with E-state index in [1.807, 2.05) is 27.7 Å². The third-order valence-corrected chi connectivity index (χ3v) is 9.93. The van der Waals surface area contributed by atoms with Crippen LogP contribution in [-0.2, 0) is 207 Å². The summed E-state index contributed by atoms with van der Waals surface area (Å²) < 4.78 is 0. The third-order valence-electron chi connectivity index (χ3n) is 9.93. The molecule has 35 nitrogen and oxygen atoms in total. The van der Waals surface area contributed by atoms with E-state index < -0.39 is 0 Å². The van der Waals surface area contributed by atoms with Crippen LogP contribution < -0.4 is 0 Å². The van der Waals surface area contributed by atoms with Crippen LogP contribution in [0.4, 0.5) is 0 Å². The Labute approximate surface area is 858 Å². The fourth-order valence-electron chi connectivity index (χ4n) is 4.90. The van der Waals surface area contributed by atoms with Gasteiger partial charge in [0.1, 0.15) is 0 Å². The molecule has 0 aromatic rings. The summed E-state index contributed by atoms with van der Waals surface area (Å²) in [5, 5.41) is 107. The molecule has 133 heavy (non-hydrogen) atoms. The van der Waals surface area contributed by atoms with E-state index >= 15 is 0 Å². The van der Waals surface area contributed by atoms with Crippen LogP contribution in [0.3, 0.4) is 0 Å². The van der Waals surface area contributed by atoms with Crippen LogP contribution >= 0.6 is 0 Å². The van der Waals surface area contributed by atoms with Crippen LogP contribution in [0.5, 0.6) is 0 Å². The monoisotopic (exact) mass is 2800 g/mol. The smallest absolute Gasteiger partial charge is 0.161 e. The molecule has 0 bridgehead atoms. The van der Waals surface area contributed by atoms with E-state index in [4.69, 9.17) is 66.4 Å². The third kappa shape index (κ3) is 304. The number of hydrogen-bond acceptors (Lipinski definition) is 33. The van der Waals surface area contributed by atoms with Gasteiger partial charge >= 0.3 is 0 Å². The van der Waals surface area contributed by atoms with E-state index in [2.05, 4.69) is 0 Å². The first-order valence-corrected chi connectivity index (χ1v) is 38.9. The molecule has 0 aromatic carbocycles. The minimum atomic E-state index is -0.187. The van der Waals surface area contributed by atoms with E-state index in [-0.39, 0.29) is 302 Å². The van der Waals surface area contributed by atoms with Gasteiger partial charge in [-0.1, -0.05) is 96.9 Å². The Morgan fingerprint density at radius 1 is 0.241 bits per heavy atom. The molecule has 0 unspecified atom stereocenters. The van der Waals surface area contributed by atoms with E-state index in [9.17, 15) is 95.9 Å². The van der Waals surface area contributed by atoms with E-state index in [0.717, 1.165) is 39.9 Å². The number of aliphatic hydroxyl groups excluding tert-OH is 13. The van der Waals surface area contributed by atoms with Crippen LogP contribution in [-0.4, -0.2) is 203 Å². The molecular formula is C93H163Ir5O35-3. The molecule has 0 atom stereocenters. The van der Waals surface area contributed by atoms with Crippen molar-refractivity contribution in [2.75, 3.05) is 20.8 Å². The standard InChI is InChI=1S/2C7H12O2.C7H11O2.2C7H12O2.C7H11O2.6C5H8O2.3C5H7O2.C4H10O.2CH4O.5Ir.2H2O/c3*1-5(2)7(9)4-6(3)8;3*1-3-6(8)5-7(9)4-2;9*1-4(6)3-5(2)7;1-4(2)3-5;2*1-2;;;;;;;/h4-5,9H,1-3H3;4-5,8H,1-3H3;4-5H,1-3H3;2*5,8H,3-4H2,1-2H3;5H,3-4H2,1-2H3;6*3,6H,1-2H3;3*3H,1-2H3;4-5H,3H2,1-2H3;2*2H,1H3;;;;;;2*1H2/q;;-1;;;-1;;;;;;;3*-1;;;;;;;;;;/p+2. The van der Waals surface area contributed by atoms with Crippen molar-refractivity contribution in [2.45, 2.75) is 281 Å². The Bertz CT molecular complexity index is 3100. The van der Waals surface area contributed by atoms with Crippen molar-refractivity contribution in [3.63, 3.8) is 0 Å². The number of allylic oxidation sites excluding steroid dienone is 20. The normalized spacial score (nSPS) is 9.71. The Hall–Kier alpha value is -8.80. The number of aliphatic hydroxyl groups is 13. The van der Waals surface area contributed by atoms with Crippen molar-refractivity contribution in [3.05, 3.63) is 150 Å². The van der Waals surface area contributed by atoms with E-state index in [1.54, 1.807) is 69.2 Å². The van der Waals surface area contributed by atoms with Crippen LogP contribution in [0, 0.1) is 55.8 Å². The molecule has 0 amide bonds. The van der Waals surface area contributed by atoms with Crippen molar-refractivity contribution in [2.24, 2.45) is 23.7 Å². The Morgan fingerprint density at radius 3 is 0.474 bits per heavy atom. The summed E-state index contributed by atoms with van der Waals surface area (Å²) in [4.78, 5) is 204. The van der Waals surface area contributed by atoms with Crippen molar-refractivity contribution >= 4 is 116 Å². The average Bonchev–Trinajstić information content (AvgIpc) is 1.01. The first-order chi connectivity index (χ1) is 57.1.